The smallest absolute Gasteiger partial charge is 0.253 e. The summed E-state index contributed by atoms with van der Waals surface area (Å²) in [7, 11) is 1.83. The Bertz CT molecular complexity index is 826. The number of nitrogens with zero attached hydrogens (tertiary/aromatic N) is 5. The second-order valence-corrected chi connectivity index (χ2v) is 7.86. The molecule has 1 aliphatic rings. The number of carbonyl (C=O) groups excluding carboxylic acids is 1. The zero-order chi connectivity index (χ0) is 21.5. The number of likely N-dealkylation sites (tertiary alicyclic amines) is 1. The molecule has 3 rings (SSSR count). The highest BCUT2D eigenvalue weighted by molar-refractivity contribution is 5.94. The number of hydrogen-bond donors (Lipinski definition) is 1. The molecule has 0 aliphatic carbocycles. The van der Waals surface area contributed by atoms with E-state index in [1.54, 1.807) is 0 Å². The van der Waals surface area contributed by atoms with Crippen LogP contribution in [0.1, 0.15) is 49.2 Å². The van der Waals surface area contributed by atoms with E-state index in [0.29, 0.717) is 18.5 Å². The van der Waals surface area contributed by atoms with Crippen molar-refractivity contribution in [1.29, 1.82) is 0 Å². The molecular formula is C23H34N6O. The third-order valence-corrected chi connectivity index (χ3v) is 6.04. The molecule has 0 radical (unpaired) electrons. The number of aromatic nitrogens is 2. The zero-order valence-electron chi connectivity index (χ0n) is 18.6. The Labute approximate surface area is 179 Å². The lowest BCUT2D eigenvalue weighted by Crippen LogP contribution is -2.48. The molecule has 162 valence electrons. The molecule has 7 heteroatoms. The highest BCUT2D eigenvalue weighted by Crippen LogP contribution is 2.27. The van der Waals surface area contributed by atoms with Gasteiger partial charge in [-0.25, -0.2) is 4.98 Å². The van der Waals surface area contributed by atoms with Crippen LogP contribution < -0.4 is 5.32 Å². The van der Waals surface area contributed by atoms with Gasteiger partial charge in [0.2, 0.25) is 0 Å². The molecule has 2 heterocycles. The molecule has 30 heavy (non-hydrogen) atoms. The molecule has 1 aromatic carbocycles. The lowest BCUT2D eigenvalue weighted by Gasteiger charge is -2.39. The van der Waals surface area contributed by atoms with Crippen molar-refractivity contribution in [2.45, 2.75) is 39.8 Å². The Kier molecular flexibility index (Phi) is 7.49. The normalized spacial score (nSPS) is 19.6. The van der Waals surface area contributed by atoms with Gasteiger partial charge >= 0.3 is 0 Å². The number of carbonyl (C=O) groups is 1. The fraction of sp³-hybridized carbons (Fsp3) is 0.522. The first kappa shape index (κ1) is 21.9. The van der Waals surface area contributed by atoms with Gasteiger partial charge in [-0.05, 0) is 43.9 Å². The molecule has 1 N–H and O–H groups in total. The number of aliphatic imine (C=N–C) groups is 1. The highest BCUT2D eigenvalue weighted by atomic mass is 16.2. The first-order valence-corrected chi connectivity index (χ1v) is 10.9. The lowest BCUT2D eigenvalue weighted by atomic mass is 9.93. The monoisotopic (exact) mass is 410 g/mol. The summed E-state index contributed by atoms with van der Waals surface area (Å²) in [5, 5.41) is 3.49. The minimum atomic E-state index is 0.0864. The number of imidazole rings is 1. The summed E-state index contributed by atoms with van der Waals surface area (Å²) in [5.41, 5.74) is 1.86. The molecule has 1 saturated heterocycles. The Morgan fingerprint density at radius 2 is 2.00 bits per heavy atom. The summed E-state index contributed by atoms with van der Waals surface area (Å²) in [4.78, 5) is 25.3. The van der Waals surface area contributed by atoms with E-state index in [1.807, 2.05) is 68.8 Å². The topological polar surface area (TPSA) is 65.8 Å². The standard InChI is InChI=1S/C23H34N6O/c1-5-27(6-2)22(30)20-9-7-19(8-10-20)15-26-23(24-4)28-13-11-18(3)21(16-28)29-14-12-25-17-29/h7-10,12,14,17-18,21H,5-6,11,13,15-16H2,1-4H3,(H,24,26). The molecule has 2 aromatic rings. The van der Waals surface area contributed by atoms with Gasteiger partial charge in [0.1, 0.15) is 0 Å². The minimum absolute atomic E-state index is 0.0864. The van der Waals surface area contributed by atoms with Crippen LogP contribution >= 0.6 is 0 Å². The van der Waals surface area contributed by atoms with Crippen molar-refractivity contribution in [3.05, 3.63) is 54.1 Å². The van der Waals surface area contributed by atoms with E-state index in [-0.39, 0.29) is 5.91 Å². The average Bonchev–Trinajstić information content (AvgIpc) is 3.31. The van der Waals surface area contributed by atoms with Crippen LogP contribution in [0.4, 0.5) is 0 Å². The number of rotatable bonds is 6. The predicted molar refractivity (Wildman–Crippen MR) is 121 cm³/mol. The second-order valence-electron chi connectivity index (χ2n) is 7.86. The number of benzene rings is 1. The summed E-state index contributed by atoms with van der Waals surface area (Å²) in [6.45, 7) is 10.3. The molecule has 7 nitrogen and oxygen atoms in total. The Morgan fingerprint density at radius 3 is 2.60 bits per heavy atom. The quantitative estimate of drug-likeness (QED) is 0.587. The Hall–Kier alpha value is -2.83. The van der Waals surface area contributed by atoms with E-state index in [9.17, 15) is 4.79 Å². The Morgan fingerprint density at radius 1 is 1.27 bits per heavy atom. The van der Waals surface area contributed by atoms with Gasteiger partial charge in [0, 0.05) is 57.7 Å². The Balaban J connectivity index is 1.59. The number of guanidine groups is 1. The lowest BCUT2D eigenvalue weighted by molar-refractivity contribution is 0.0773. The zero-order valence-corrected chi connectivity index (χ0v) is 18.6. The molecule has 1 aliphatic heterocycles. The number of hydrogen-bond acceptors (Lipinski definition) is 3. The largest absolute Gasteiger partial charge is 0.352 e. The number of piperidine rings is 1. The van der Waals surface area contributed by atoms with Gasteiger partial charge in [-0.3, -0.25) is 9.79 Å². The summed E-state index contributed by atoms with van der Waals surface area (Å²) in [5.74, 6) is 1.60. The molecule has 0 saturated carbocycles. The van der Waals surface area contributed by atoms with Crippen molar-refractivity contribution in [1.82, 2.24) is 24.7 Å². The van der Waals surface area contributed by atoms with Crippen LogP contribution in [0.2, 0.25) is 0 Å². The third kappa shape index (κ3) is 5.01. The van der Waals surface area contributed by atoms with Gasteiger partial charge in [-0.2, -0.15) is 0 Å². The molecule has 2 unspecified atom stereocenters. The van der Waals surface area contributed by atoms with Crippen LogP contribution in [-0.4, -0.2) is 64.4 Å². The van der Waals surface area contributed by atoms with Gasteiger partial charge in [-0.1, -0.05) is 19.1 Å². The third-order valence-electron chi connectivity index (χ3n) is 6.04. The fourth-order valence-corrected chi connectivity index (χ4v) is 4.07. The summed E-state index contributed by atoms with van der Waals surface area (Å²) < 4.78 is 2.20. The van der Waals surface area contributed by atoms with E-state index >= 15 is 0 Å². The van der Waals surface area contributed by atoms with Crippen LogP contribution in [0.15, 0.2) is 48.0 Å². The molecule has 1 aromatic heterocycles. The van der Waals surface area contributed by atoms with Crippen molar-refractivity contribution in [3.63, 3.8) is 0 Å². The number of amides is 1. The maximum absolute atomic E-state index is 12.5. The van der Waals surface area contributed by atoms with E-state index in [4.69, 9.17) is 0 Å². The fourth-order valence-electron chi connectivity index (χ4n) is 4.07. The minimum Gasteiger partial charge on any atom is -0.352 e. The second kappa shape index (κ2) is 10.3. The molecule has 1 fully saturated rings. The van der Waals surface area contributed by atoms with Crippen molar-refractivity contribution >= 4 is 11.9 Å². The van der Waals surface area contributed by atoms with Crippen LogP contribution in [0.25, 0.3) is 0 Å². The van der Waals surface area contributed by atoms with Crippen LogP contribution in [0.5, 0.6) is 0 Å². The van der Waals surface area contributed by atoms with E-state index < -0.39 is 0 Å². The molecule has 0 spiro atoms. The van der Waals surface area contributed by atoms with Crippen LogP contribution in [-0.2, 0) is 6.54 Å². The van der Waals surface area contributed by atoms with Crippen molar-refractivity contribution in [2.75, 3.05) is 33.2 Å². The van der Waals surface area contributed by atoms with Crippen molar-refractivity contribution < 1.29 is 4.79 Å². The summed E-state index contributed by atoms with van der Waals surface area (Å²) in [6, 6.07) is 8.26. The summed E-state index contributed by atoms with van der Waals surface area (Å²) >= 11 is 0. The highest BCUT2D eigenvalue weighted by Gasteiger charge is 2.28. The maximum Gasteiger partial charge on any atom is 0.253 e. The van der Waals surface area contributed by atoms with Gasteiger partial charge in [0.05, 0.1) is 12.4 Å². The van der Waals surface area contributed by atoms with Gasteiger partial charge in [0.25, 0.3) is 5.91 Å². The maximum atomic E-state index is 12.5. The molecular weight excluding hydrogens is 376 g/mol. The molecule has 1 amide bonds. The van der Waals surface area contributed by atoms with E-state index in [0.717, 1.165) is 49.7 Å². The SMILES string of the molecule is CCN(CC)C(=O)c1ccc(CNC(=NC)N2CCC(C)C(n3ccnc3)C2)cc1. The van der Waals surface area contributed by atoms with Crippen molar-refractivity contribution in [3.8, 4) is 0 Å². The summed E-state index contributed by atoms with van der Waals surface area (Å²) in [6.07, 6.45) is 6.91. The van der Waals surface area contributed by atoms with Crippen molar-refractivity contribution in [2.24, 2.45) is 10.9 Å². The van der Waals surface area contributed by atoms with E-state index in [1.165, 1.54) is 0 Å². The van der Waals surface area contributed by atoms with Gasteiger partial charge < -0.3 is 19.7 Å². The van der Waals surface area contributed by atoms with E-state index in [2.05, 4.69) is 31.7 Å². The molecule has 0 bridgehead atoms. The van der Waals surface area contributed by atoms with Gasteiger partial charge in [-0.15, -0.1) is 0 Å². The first-order valence-electron chi connectivity index (χ1n) is 10.9. The van der Waals surface area contributed by atoms with Crippen LogP contribution in [0.3, 0.4) is 0 Å². The number of nitrogens with one attached hydrogen (secondary N) is 1. The first-order chi connectivity index (χ1) is 14.6. The van der Waals surface area contributed by atoms with Gasteiger partial charge in [0.15, 0.2) is 5.96 Å². The van der Waals surface area contributed by atoms with Crippen LogP contribution in [0, 0.1) is 5.92 Å². The average molecular weight is 411 g/mol. The predicted octanol–water partition coefficient (Wildman–Crippen LogP) is 3.02. The molecule has 2 atom stereocenters.